The Balaban J connectivity index is 1.54. The number of aliphatic hydroxyl groups excluding tert-OH is 1. The molecule has 0 saturated carbocycles. The fourth-order valence-electron chi connectivity index (χ4n) is 4.77. The number of hydrogen-bond acceptors (Lipinski definition) is 5. The van der Waals surface area contributed by atoms with E-state index in [1.807, 2.05) is 6.08 Å². The Bertz CT molecular complexity index is 743. The van der Waals surface area contributed by atoms with Gasteiger partial charge in [-0.25, -0.2) is 0 Å². The minimum absolute atomic E-state index is 0.0227. The van der Waals surface area contributed by atoms with Gasteiger partial charge in [-0.1, -0.05) is 17.7 Å². The van der Waals surface area contributed by atoms with Crippen LogP contribution < -0.4 is 9.47 Å². The Morgan fingerprint density at radius 1 is 1.32 bits per heavy atom. The first-order valence-electron chi connectivity index (χ1n) is 9.04. The molecule has 4 atom stereocenters. The Hall–Kier alpha value is -1.82. The van der Waals surface area contributed by atoms with Gasteiger partial charge in [0, 0.05) is 25.0 Å². The van der Waals surface area contributed by atoms with E-state index in [1.165, 1.54) is 16.7 Å². The second-order valence-electron chi connectivity index (χ2n) is 7.24. The van der Waals surface area contributed by atoms with Crippen LogP contribution in [-0.2, 0) is 11.3 Å². The Morgan fingerprint density at radius 3 is 3.00 bits per heavy atom. The number of benzene rings is 1. The lowest BCUT2D eigenvalue weighted by Gasteiger charge is -2.45. The average molecular weight is 341 g/mol. The van der Waals surface area contributed by atoms with Crippen LogP contribution in [0.3, 0.4) is 0 Å². The minimum Gasteiger partial charge on any atom is -0.454 e. The van der Waals surface area contributed by atoms with Crippen LogP contribution in [0.4, 0.5) is 0 Å². The summed E-state index contributed by atoms with van der Waals surface area (Å²) in [7, 11) is 0. The Morgan fingerprint density at radius 2 is 2.16 bits per heavy atom. The third kappa shape index (κ3) is 2.34. The van der Waals surface area contributed by atoms with Crippen LogP contribution >= 0.6 is 0 Å². The first kappa shape index (κ1) is 15.4. The number of rotatable bonds is 4. The summed E-state index contributed by atoms with van der Waals surface area (Å²) in [5.41, 5.74) is 3.82. The lowest BCUT2D eigenvalue weighted by atomic mass is 9.73. The molecule has 1 aromatic rings. The zero-order valence-corrected chi connectivity index (χ0v) is 14.2. The van der Waals surface area contributed by atoms with Crippen molar-refractivity contribution in [1.29, 1.82) is 0 Å². The van der Waals surface area contributed by atoms with Crippen LogP contribution in [0.25, 0.3) is 0 Å². The fourth-order valence-corrected chi connectivity index (χ4v) is 4.77. The fraction of sp³-hybridized carbons (Fsp3) is 0.500. The largest absolute Gasteiger partial charge is 0.454 e. The third-order valence-electron chi connectivity index (χ3n) is 5.88. The van der Waals surface area contributed by atoms with Crippen molar-refractivity contribution in [3.05, 3.63) is 47.6 Å². The molecule has 132 valence electrons. The third-order valence-corrected chi connectivity index (χ3v) is 5.88. The molecule has 1 fully saturated rings. The van der Waals surface area contributed by atoms with Crippen LogP contribution in [0.2, 0.25) is 0 Å². The maximum absolute atomic E-state index is 11.1. The molecule has 5 heteroatoms. The molecule has 4 aliphatic rings. The normalized spacial score (nSPS) is 32.1. The van der Waals surface area contributed by atoms with Crippen LogP contribution in [0.5, 0.6) is 11.5 Å². The molecular weight excluding hydrogens is 318 g/mol. The molecule has 1 saturated heterocycles. The predicted molar refractivity (Wildman–Crippen MR) is 92.8 cm³/mol. The van der Waals surface area contributed by atoms with Crippen LogP contribution in [0.15, 0.2) is 36.4 Å². The average Bonchev–Trinajstić information content (AvgIpc) is 3.23. The van der Waals surface area contributed by atoms with Gasteiger partial charge in [0.05, 0.1) is 12.7 Å². The maximum atomic E-state index is 11.1. The van der Waals surface area contributed by atoms with Gasteiger partial charge in [0.15, 0.2) is 11.5 Å². The summed E-state index contributed by atoms with van der Waals surface area (Å²) in [6.45, 7) is 6.54. The van der Waals surface area contributed by atoms with E-state index in [0.29, 0.717) is 6.61 Å². The molecule has 0 spiro atoms. The molecule has 1 N–H and O–H groups in total. The molecule has 0 amide bonds. The van der Waals surface area contributed by atoms with Crippen LogP contribution in [-0.4, -0.2) is 48.2 Å². The first-order chi connectivity index (χ1) is 12.3. The van der Waals surface area contributed by atoms with Crippen molar-refractivity contribution in [1.82, 2.24) is 4.90 Å². The number of fused-ring (bicyclic) bond motifs is 3. The van der Waals surface area contributed by atoms with E-state index in [2.05, 4.69) is 29.7 Å². The van der Waals surface area contributed by atoms with Crippen molar-refractivity contribution in [2.45, 2.75) is 43.6 Å². The minimum atomic E-state index is -0.557. The topological polar surface area (TPSA) is 51.2 Å². The first-order valence-corrected chi connectivity index (χ1v) is 9.04. The van der Waals surface area contributed by atoms with Crippen LogP contribution in [0.1, 0.15) is 29.9 Å². The maximum Gasteiger partial charge on any atom is 0.231 e. The molecular formula is C20H23NO4. The van der Waals surface area contributed by atoms with E-state index < -0.39 is 6.10 Å². The molecule has 0 radical (unpaired) electrons. The van der Waals surface area contributed by atoms with Gasteiger partial charge >= 0.3 is 0 Å². The quantitative estimate of drug-likeness (QED) is 0.673. The Labute approximate surface area is 147 Å². The van der Waals surface area contributed by atoms with Crippen molar-refractivity contribution in [2.24, 2.45) is 0 Å². The van der Waals surface area contributed by atoms with Crippen molar-refractivity contribution >= 4 is 0 Å². The Kier molecular flexibility index (Phi) is 3.62. The summed E-state index contributed by atoms with van der Waals surface area (Å²) in [5.74, 6) is 1.63. The number of aliphatic hydroxyl groups is 1. The lowest BCUT2D eigenvalue weighted by molar-refractivity contribution is -0.0411. The van der Waals surface area contributed by atoms with E-state index >= 15 is 0 Å². The molecule has 1 aromatic carbocycles. The van der Waals surface area contributed by atoms with E-state index in [9.17, 15) is 5.11 Å². The van der Waals surface area contributed by atoms with Gasteiger partial charge in [-0.3, -0.25) is 4.90 Å². The monoisotopic (exact) mass is 341 g/mol. The molecule has 3 aliphatic heterocycles. The summed E-state index contributed by atoms with van der Waals surface area (Å²) in [5, 5.41) is 11.1. The second-order valence-corrected chi connectivity index (χ2v) is 7.24. The highest BCUT2D eigenvalue weighted by molar-refractivity contribution is 5.53. The molecule has 0 unspecified atom stereocenters. The highest BCUT2D eigenvalue weighted by Crippen LogP contribution is 2.49. The van der Waals surface area contributed by atoms with Gasteiger partial charge < -0.3 is 19.3 Å². The summed E-state index contributed by atoms with van der Waals surface area (Å²) >= 11 is 0. The zero-order chi connectivity index (χ0) is 17.0. The summed E-state index contributed by atoms with van der Waals surface area (Å²) < 4.78 is 17.1. The van der Waals surface area contributed by atoms with Gasteiger partial charge in [-0.2, -0.15) is 0 Å². The van der Waals surface area contributed by atoms with Gasteiger partial charge in [0.1, 0.15) is 6.10 Å². The zero-order valence-electron chi connectivity index (χ0n) is 14.2. The summed E-state index contributed by atoms with van der Waals surface area (Å²) in [4.78, 5) is 2.48. The van der Waals surface area contributed by atoms with E-state index in [-0.39, 0.29) is 24.9 Å². The van der Waals surface area contributed by atoms with Gasteiger partial charge in [-0.15, -0.1) is 6.58 Å². The SMILES string of the molecule is C=CCCO[C@H]1C=C2CCN3Cc4cc5c(cc4[C@H]([C@@H]1O)[C@@H]23)OCO5. The predicted octanol–water partition coefficient (Wildman–Crippen LogP) is 2.35. The molecule has 0 bridgehead atoms. The van der Waals surface area contributed by atoms with E-state index in [0.717, 1.165) is 37.4 Å². The molecule has 5 nitrogen and oxygen atoms in total. The van der Waals surface area contributed by atoms with Crippen molar-refractivity contribution in [3.8, 4) is 11.5 Å². The molecule has 5 rings (SSSR count). The van der Waals surface area contributed by atoms with Crippen molar-refractivity contribution in [2.75, 3.05) is 19.9 Å². The number of hydrogen-bond donors (Lipinski definition) is 1. The van der Waals surface area contributed by atoms with Crippen molar-refractivity contribution in [3.63, 3.8) is 0 Å². The van der Waals surface area contributed by atoms with Gasteiger partial charge in [0.25, 0.3) is 0 Å². The summed E-state index contributed by atoms with van der Waals surface area (Å²) in [6, 6.07) is 4.44. The van der Waals surface area contributed by atoms with E-state index in [4.69, 9.17) is 14.2 Å². The van der Waals surface area contributed by atoms with Crippen LogP contribution in [0, 0.1) is 0 Å². The molecule has 0 aromatic heterocycles. The molecule has 1 aliphatic carbocycles. The summed E-state index contributed by atoms with van der Waals surface area (Å²) in [6.07, 6.45) is 5.04. The highest BCUT2D eigenvalue weighted by atomic mass is 16.7. The smallest absolute Gasteiger partial charge is 0.231 e. The van der Waals surface area contributed by atoms with Crippen molar-refractivity contribution < 1.29 is 19.3 Å². The number of ether oxygens (including phenoxy) is 3. The highest BCUT2D eigenvalue weighted by Gasteiger charge is 2.49. The second kappa shape index (κ2) is 5.87. The molecule has 3 heterocycles. The van der Waals surface area contributed by atoms with Gasteiger partial charge in [-0.05, 0) is 36.1 Å². The lowest BCUT2D eigenvalue weighted by Crippen LogP contribution is -2.50. The molecule has 25 heavy (non-hydrogen) atoms. The standard InChI is InChI=1S/C20H23NO4/c1-2-3-6-23-17-7-12-4-5-21-10-13-8-15-16(25-11-24-15)9-14(13)18(19(12)21)20(17)22/h2,7-9,17-20,22H,1,3-6,10-11H2/t17-,18-,19+,20+/m0/s1. The van der Waals surface area contributed by atoms with E-state index in [1.54, 1.807) is 0 Å². The number of nitrogens with zero attached hydrogens (tertiary/aromatic N) is 1. The van der Waals surface area contributed by atoms with Gasteiger partial charge in [0.2, 0.25) is 6.79 Å².